The van der Waals surface area contributed by atoms with E-state index in [1.54, 1.807) is 6.08 Å². The zero-order valence-electron chi connectivity index (χ0n) is 8.08. The average Bonchev–Trinajstić information content (AvgIpc) is 2.76. The molecule has 0 spiro atoms. The van der Waals surface area contributed by atoms with Crippen LogP contribution in [0.3, 0.4) is 0 Å². The Balaban J connectivity index is 2.32. The second-order valence-corrected chi connectivity index (χ2v) is 2.81. The molecule has 0 N–H and O–H groups in total. The van der Waals surface area contributed by atoms with Crippen LogP contribution in [0.1, 0.15) is 0 Å². The molecule has 2 aromatic rings. The Labute approximate surface area is 86.3 Å². The first kappa shape index (κ1) is 9.39. The molecule has 1 aromatic carbocycles. The van der Waals surface area contributed by atoms with E-state index >= 15 is 0 Å². The second-order valence-electron chi connectivity index (χ2n) is 2.81. The molecule has 0 saturated carbocycles. The van der Waals surface area contributed by atoms with Crippen LogP contribution in [-0.2, 0) is 0 Å². The third-order valence-corrected chi connectivity index (χ3v) is 1.72. The molecule has 0 amide bonds. The second kappa shape index (κ2) is 4.36. The van der Waals surface area contributed by atoms with E-state index in [9.17, 15) is 0 Å². The molecule has 5 nitrogen and oxygen atoms in total. The van der Waals surface area contributed by atoms with Gasteiger partial charge in [0.05, 0.1) is 5.27 Å². The average molecular weight is 202 g/mol. The minimum absolute atomic E-state index is 0.249. The molecule has 0 aliphatic heterocycles. The largest absolute Gasteiger partial charge is 0.361 e. The zero-order chi connectivity index (χ0) is 10.5. The highest BCUT2D eigenvalue weighted by Gasteiger charge is 2.03. The molecular weight excluding hydrogens is 192 g/mol. The van der Waals surface area contributed by atoms with E-state index in [2.05, 4.69) is 21.9 Å². The van der Waals surface area contributed by atoms with Gasteiger partial charge in [-0.3, -0.25) is 0 Å². The fraction of sp³-hybridized carbons (Fsp3) is 0.100. The van der Waals surface area contributed by atoms with Crippen molar-refractivity contribution in [2.24, 2.45) is 4.99 Å². The van der Waals surface area contributed by atoms with Crippen molar-refractivity contribution in [3.8, 4) is 5.69 Å². The van der Waals surface area contributed by atoms with Gasteiger partial charge in [-0.1, -0.05) is 29.4 Å². The lowest BCUT2D eigenvalue weighted by atomic mass is 10.3. The molecule has 0 atom stereocenters. The Morgan fingerprint density at radius 2 is 2.27 bits per heavy atom. The van der Waals surface area contributed by atoms with Crippen LogP contribution in [0.4, 0.5) is 0 Å². The minimum atomic E-state index is 0.249. The highest BCUT2D eigenvalue weighted by Crippen LogP contribution is 1.93. The first-order chi connectivity index (χ1) is 7.40. The summed E-state index contributed by atoms with van der Waals surface area (Å²) < 4.78 is 4.91. The van der Waals surface area contributed by atoms with Gasteiger partial charge < -0.3 is 9.52 Å². The zero-order valence-corrected chi connectivity index (χ0v) is 8.08. The van der Waals surface area contributed by atoms with Crippen LogP contribution in [0.15, 0.2) is 52.5 Å². The van der Waals surface area contributed by atoms with Gasteiger partial charge in [0, 0.05) is 18.7 Å². The van der Waals surface area contributed by atoms with E-state index in [0.717, 1.165) is 5.69 Å². The Bertz CT molecular complexity index is 497. The van der Waals surface area contributed by atoms with Crippen molar-refractivity contribution >= 4 is 0 Å². The lowest BCUT2D eigenvalue weighted by Gasteiger charge is -1.86. The maximum atomic E-state index is 4.91. The van der Waals surface area contributed by atoms with Crippen LogP contribution in [0.2, 0.25) is 0 Å². The molecule has 0 radical (unpaired) electrons. The molecule has 2 rings (SSSR count). The normalized spacial score (nSPS) is 11.6. The number of aromatic nitrogens is 3. The highest BCUT2D eigenvalue weighted by atomic mass is 16.5. The van der Waals surface area contributed by atoms with Crippen molar-refractivity contribution in [1.29, 1.82) is 0 Å². The summed E-state index contributed by atoms with van der Waals surface area (Å²) in [5.41, 5.74) is 1.08. The van der Waals surface area contributed by atoms with Gasteiger partial charge in [0.1, 0.15) is 0 Å². The minimum Gasteiger partial charge on any atom is -0.361 e. The predicted octanol–water partition coefficient (Wildman–Crippen LogP) is -0.00480. The Kier molecular flexibility index (Phi) is 2.73. The van der Waals surface area contributed by atoms with Crippen molar-refractivity contribution in [2.45, 2.75) is 0 Å². The number of hydrogen-bond acceptors (Lipinski definition) is 3. The Morgan fingerprint density at radius 1 is 1.47 bits per heavy atom. The summed E-state index contributed by atoms with van der Waals surface area (Å²) in [7, 11) is 0. The van der Waals surface area contributed by atoms with E-state index < -0.39 is 0 Å². The summed E-state index contributed by atoms with van der Waals surface area (Å²) >= 11 is 0. The van der Waals surface area contributed by atoms with Crippen LogP contribution < -0.4 is 15.6 Å². The molecule has 0 bridgehead atoms. The smallest absolute Gasteiger partial charge is 0.247 e. The van der Waals surface area contributed by atoms with Crippen molar-refractivity contribution in [3.63, 3.8) is 0 Å². The van der Waals surface area contributed by atoms with Crippen LogP contribution >= 0.6 is 0 Å². The molecule has 0 aliphatic rings. The summed E-state index contributed by atoms with van der Waals surface area (Å²) in [6, 6.07) is 9.49. The molecular formula is C10H10N4O. The van der Waals surface area contributed by atoms with Gasteiger partial charge in [-0.15, -0.1) is 6.58 Å². The number of hydrogen-bond donors (Lipinski definition) is 0. The Hall–Kier alpha value is -2.17. The maximum absolute atomic E-state index is 4.91. The molecule has 0 unspecified atom stereocenters. The fourth-order valence-electron chi connectivity index (χ4n) is 1.06. The van der Waals surface area contributed by atoms with Gasteiger partial charge in [0.15, 0.2) is 0 Å². The number of benzene rings is 1. The third-order valence-electron chi connectivity index (χ3n) is 1.72. The van der Waals surface area contributed by atoms with Crippen molar-refractivity contribution in [3.05, 3.63) is 48.7 Å². The molecule has 1 aromatic heterocycles. The van der Waals surface area contributed by atoms with E-state index in [1.165, 1.54) is 4.80 Å². The first-order valence-corrected chi connectivity index (χ1v) is 4.50. The van der Waals surface area contributed by atoms with Crippen LogP contribution in [0.25, 0.3) is 5.69 Å². The highest BCUT2D eigenvalue weighted by molar-refractivity contribution is 5.19. The summed E-state index contributed by atoms with van der Waals surface area (Å²) in [5, 5.41) is 7.78. The number of para-hydroxylation sites is 1. The predicted molar refractivity (Wildman–Crippen MR) is 52.0 cm³/mol. The molecule has 76 valence electrons. The summed E-state index contributed by atoms with van der Waals surface area (Å²) in [6.45, 7) is 4.02. The quantitative estimate of drug-likeness (QED) is 0.520. The monoisotopic (exact) mass is 202 g/mol. The van der Waals surface area contributed by atoms with Gasteiger partial charge in [-0.2, -0.15) is 0 Å². The van der Waals surface area contributed by atoms with Crippen LogP contribution in [-0.4, -0.2) is 11.8 Å². The number of nitrogens with zero attached hydrogens (tertiary/aromatic N) is 4. The molecule has 0 aliphatic carbocycles. The van der Waals surface area contributed by atoms with E-state index in [4.69, 9.17) is 4.52 Å². The molecule has 0 fully saturated rings. The third kappa shape index (κ3) is 2.19. The van der Waals surface area contributed by atoms with E-state index in [-0.39, 0.29) is 5.68 Å². The van der Waals surface area contributed by atoms with Gasteiger partial charge >= 0.3 is 0 Å². The Morgan fingerprint density at radius 3 is 3.00 bits per heavy atom. The van der Waals surface area contributed by atoms with Gasteiger partial charge in [0.2, 0.25) is 11.4 Å². The van der Waals surface area contributed by atoms with Crippen molar-refractivity contribution < 1.29 is 9.32 Å². The first-order valence-electron chi connectivity index (χ1n) is 4.50. The van der Waals surface area contributed by atoms with Crippen LogP contribution in [0.5, 0.6) is 0 Å². The van der Waals surface area contributed by atoms with E-state index in [0.29, 0.717) is 6.54 Å². The molecule has 15 heavy (non-hydrogen) atoms. The lowest BCUT2D eigenvalue weighted by Crippen LogP contribution is -2.40. The summed E-state index contributed by atoms with van der Waals surface area (Å²) in [4.78, 5) is 5.38. The van der Waals surface area contributed by atoms with Crippen molar-refractivity contribution in [1.82, 2.24) is 10.4 Å². The summed E-state index contributed by atoms with van der Waals surface area (Å²) in [6.07, 6.45) is 1.66. The summed E-state index contributed by atoms with van der Waals surface area (Å²) in [5.74, 6) is 0. The SMILES string of the molecule is C=CCN=c1[n-][n+](-c2ccccc2)no1. The van der Waals surface area contributed by atoms with Crippen molar-refractivity contribution in [2.75, 3.05) is 6.54 Å². The molecule has 1 heterocycles. The van der Waals surface area contributed by atoms with Gasteiger partial charge in [-0.05, 0) is 4.80 Å². The topological polar surface area (TPSA) is 56.4 Å². The standard InChI is InChI=1S/C10H10N4O/c1-2-8-11-10-12-14(13-15-10)9-6-4-3-5-7-9/h2-7H,1,8H2. The van der Waals surface area contributed by atoms with E-state index in [1.807, 2.05) is 30.3 Å². The molecule has 0 saturated heterocycles. The lowest BCUT2D eigenvalue weighted by molar-refractivity contribution is -0.730. The fourth-order valence-corrected chi connectivity index (χ4v) is 1.06. The number of rotatable bonds is 3. The maximum Gasteiger partial charge on any atom is 0.247 e. The van der Waals surface area contributed by atoms with Gasteiger partial charge in [0.25, 0.3) is 0 Å². The molecule has 5 heteroatoms. The van der Waals surface area contributed by atoms with Gasteiger partial charge in [-0.25, -0.2) is 0 Å². The van der Waals surface area contributed by atoms with Crippen LogP contribution in [0, 0.1) is 0 Å².